The van der Waals surface area contributed by atoms with Crippen molar-refractivity contribution in [1.82, 2.24) is 4.57 Å². The lowest BCUT2D eigenvalue weighted by molar-refractivity contribution is 0.0698. The summed E-state index contributed by atoms with van der Waals surface area (Å²) >= 11 is 0. The molecule has 1 aromatic carbocycles. The Balaban J connectivity index is 2.63. The molecule has 0 aliphatic rings. The average Bonchev–Trinajstić information content (AvgIpc) is 2.74. The van der Waals surface area contributed by atoms with Crippen molar-refractivity contribution in [3.63, 3.8) is 0 Å². The number of rotatable bonds is 5. The van der Waals surface area contributed by atoms with Crippen molar-refractivity contribution in [3.05, 3.63) is 35.5 Å². The van der Waals surface area contributed by atoms with E-state index in [1.807, 2.05) is 23.8 Å². The van der Waals surface area contributed by atoms with E-state index in [9.17, 15) is 9.90 Å². The summed E-state index contributed by atoms with van der Waals surface area (Å²) in [6, 6.07) is 5.45. The fourth-order valence-corrected chi connectivity index (χ4v) is 2.35. The summed E-state index contributed by atoms with van der Waals surface area (Å²) in [5.74, 6) is -0.876. The Morgan fingerprint density at radius 3 is 2.83 bits per heavy atom. The zero-order chi connectivity index (χ0) is 13.1. The van der Waals surface area contributed by atoms with Gasteiger partial charge in [0.05, 0.1) is 11.1 Å². The van der Waals surface area contributed by atoms with Crippen LogP contribution >= 0.6 is 0 Å². The highest BCUT2D eigenvalue weighted by Crippen LogP contribution is 2.26. The number of aromatic nitrogens is 1. The minimum absolute atomic E-state index is 0.369. The van der Waals surface area contributed by atoms with E-state index in [2.05, 4.69) is 0 Å². The number of hydrogen-bond donors (Lipinski definition) is 2. The maximum atomic E-state index is 11.3. The number of nitrogens with two attached hydrogens (primary N) is 1. The van der Waals surface area contributed by atoms with Gasteiger partial charge in [0.2, 0.25) is 0 Å². The third kappa shape index (κ3) is 2.11. The smallest absolute Gasteiger partial charge is 0.337 e. The topological polar surface area (TPSA) is 68.2 Å². The first-order valence-corrected chi connectivity index (χ1v) is 6.23. The van der Waals surface area contributed by atoms with E-state index in [1.54, 1.807) is 12.1 Å². The quantitative estimate of drug-likeness (QED) is 0.850. The Labute approximate surface area is 106 Å². The van der Waals surface area contributed by atoms with Crippen molar-refractivity contribution >= 4 is 16.9 Å². The van der Waals surface area contributed by atoms with E-state index in [0.29, 0.717) is 12.1 Å². The summed E-state index contributed by atoms with van der Waals surface area (Å²) in [7, 11) is 0. The summed E-state index contributed by atoms with van der Waals surface area (Å²) < 4.78 is 2.00. The van der Waals surface area contributed by atoms with Gasteiger partial charge < -0.3 is 15.4 Å². The summed E-state index contributed by atoms with van der Waals surface area (Å²) in [6.07, 6.45) is 3.86. The molecule has 0 saturated carbocycles. The Morgan fingerprint density at radius 2 is 2.22 bits per heavy atom. The second kappa shape index (κ2) is 5.23. The van der Waals surface area contributed by atoms with Gasteiger partial charge in [-0.2, -0.15) is 0 Å². The first-order valence-electron chi connectivity index (χ1n) is 6.23. The van der Waals surface area contributed by atoms with Gasteiger partial charge in [0.15, 0.2) is 0 Å². The molecule has 4 nitrogen and oxygen atoms in total. The number of fused-ring (bicyclic) bond motifs is 1. The lowest BCUT2D eigenvalue weighted by atomic mass is 10.1. The van der Waals surface area contributed by atoms with E-state index < -0.39 is 5.97 Å². The molecule has 96 valence electrons. The number of para-hydroxylation sites is 1. The number of carboxylic acids is 1. The van der Waals surface area contributed by atoms with Gasteiger partial charge in [-0.15, -0.1) is 0 Å². The molecule has 0 aliphatic heterocycles. The average molecular weight is 246 g/mol. The molecule has 3 N–H and O–H groups in total. The normalized spacial score (nSPS) is 11.0. The molecule has 4 heteroatoms. The molecule has 1 heterocycles. The van der Waals surface area contributed by atoms with Crippen LogP contribution in [-0.2, 0) is 13.0 Å². The standard InChI is InChI=1S/C14H18N2O2/c1-2-16-9-10(5-4-8-15)11-6-3-7-12(13(11)16)14(17)18/h3,6-7,9H,2,4-5,8,15H2,1H3,(H,17,18). The van der Waals surface area contributed by atoms with Crippen LogP contribution in [-0.4, -0.2) is 22.2 Å². The first kappa shape index (κ1) is 12.6. The number of carboxylic acid groups (broad SMARTS) is 1. The first-order chi connectivity index (χ1) is 8.69. The molecule has 0 radical (unpaired) electrons. The van der Waals surface area contributed by atoms with E-state index >= 15 is 0 Å². The number of carbonyl (C=O) groups is 1. The van der Waals surface area contributed by atoms with Crippen LogP contribution in [0, 0.1) is 0 Å². The van der Waals surface area contributed by atoms with E-state index in [0.717, 1.165) is 30.3 Å². The molecule has 2 rings (SSSR count). The predicted molar refractivity (Wildman–Crippen MR) is 71.9 cm³/mol. The van der Waals surface area contributed by atoms with Crippen LogP contribution in [0.4, 0.5) is 0 Å². The van der Waals surface area contributed by atoms with E-state index in [1.165, 1.54) is 5.56 Å². The highest BCUT2D eigenvalue weighted by Gasteiger charge is 2.14. The molecule has 0 bridgehead atoms. The largest absolute Gasteiger partial charge is 0.478 e. The van der Waals surface area contributed by atoms with Gasteiger partial charge in [0.1, 0.15) is 0 Å². The highest BCUT2D eigenvalue weighted by molar-refractivity contribution is 6.03. The van der Waals surface area contributed by atoms with Crippen LogP contribution < -0.4 is 5.73 Å². The van der Waals surface area contributed by atoms with Crippen molar-refractivity contribution in [1.29, 1.82) is 0 Å². The number of nitrogens with zero attached hydrogens (tertiary/aromatic N) is 1. The maximum Gasteiger partial charge on any atom is 0.337 e. The molecule has 0 fully saturated rings. The molecular weight excluding hydrogens is 228 g/mol. The zero-order valence-corrected chi connectivity index (χ0v) is 10.5. The Bertz CT molecular complexity index is 572. The number of aryl methyl sites for hydroxylation is 2. The minimum atomic E-state index is -0.876. The molecule has 0 saturated heterocycles. The Kier molecular flexibility index (Phi) is 3.67. The van der Waals surface area contributed by atoms with E-state index in [4.69, 9.17) is 5.73 Å². The minimum Gasteiger partial charge on any atom is -0.478 e. The summed E-state index contributed by atoms with van der Waals surface area (Å²) in [4.78, 5) is 11.3. The predicted octanol–water partition coefficient (Wildman–Crippen LogP) is 2.25. The third-order valence-corrected chi connectivity index (χ3v) is 3.20. The number of benzene rings is 1. The van der Waals surface area contributed by atoms with Crippen LogP contribution in [0.25, 0.3) is 10.9 Å². The van der Waals surface area contributed by atoms with Crippen LogP contribution in [0.1, 0.15) is 29.3 Å². The molecule has 0 amide bonds. The fraction of sp³-hybridized carbons (Fsp3) is 0.357. The lowest BCUT2D eigenvalue weighted by Gasteiger charge is -2.03. The third-order valence-electron chi connectivity index (χ3n) is 3.20. The molecule has 18 heavy (non-hydrogen) atoms. The van der Waals surface area contributed by atoms with Crippen LogP contribution in [0.2, 0.25) is 0 Å². The molecule has 1 aromatic heterocycles. The Morgan fingerprint density at radius 1 is 1.44 bits per heavy atom. The van der Waals surface area contributed by atoms with Crippen LogP contribution in [0.5, 0.6) is 0 Å². The fourth-order valence-electron chi connectivity index (χ4n) is 2.35. The van der Waals surface area contributed by atoms with Crippen LogP contribution in [0.3, 0.4) is 0 Å². The van der Waals surface area contributed by atoms with Crippen molar-refractivity contribution < 1.29 is 9.90 Å². The van der Waals surface area contributed by atoms with Crippen molar-refractivity contribution in [2.75, 3.05) is 6.54 Å². The van der Waals surface area contributed by atoms with Gasteiger partial charge in [0, 0.05) is 18.1 Å². The highest BCUT2D eigenvalue weighted by atomic mass is 16.4. The van der Waals surface area contributed by atoms with Gasteiger partial charge in [-0.3, -0.25) is 0 Å². The maximum absolute atomic E-state index is 11.3. The second-order valence-corrected chi connectivity index (χ2v) is 4.34. The SMILES string of the molecule is CCn1cc(CCCN)c2cccc(C(=O)O)c21. The Hall–Kier alpha value is -1.81. The molecule has 0 aliphatic carbocycles. The monoisotopic (exact) mass is 246 g/mol. The summed E-state index contributed by atoms with van der Waals surface area (Å²) in [5.41, 5.74) is 7.91. The van der Waals surface area contributed by atoms with Gasteiger partial charge in [-0.25, -0.2) is 4.79 Å². The van der Waals surface area contributed by atoms with Gasteiger partial charge in [0.25, 0.3) is 0 Å². The van der Waals surface area contributed by atoms with Gasteiger partial charge in [-0.1, -0.05) is 12.1 Å². The molecule has 0 spiro atoms. The van der Waals surface area contributed by atoms with Crippen molar-refractivity contribution in [2.45, 2.75) is 26.3 Å². The van der Waals surface area contributed by atoms with Crippen molar-refractivity contribution in [2.24, 2.45) is 5.73 Å². The molecule has 2 aromatic rings. The number of aromatic carboxylic acids is 1. The van der Waals surface area contributed by atoms with E-state index in [-0.39, 0.29) is 0 Å². The molecular formula is C14H18N2O2. The number of hydrogen-bond acceptors (Lipinski definition) is 2. The molecule has 0 unspecified atom stereocenters. The van der Waals surface area contributed by atoms with Gasteiger partial charge in [-0.05, 0) is 37.9 Å². The van der Waals surface area contributed by atoms with Crippen LogP contribution in [0.15, 0.2) is 24.4 Å². The zero-order valence-electron chi connectivity index (χ0n) is 10.5. The second-order valence-electron chi connectivity index (χ2n) is 4.34. The van der Waals surface area contributed by atoms with Crippen molar-refractivity contribution in [3.8, 4) is 0 Å². The lowest BCUT2D eigenvalue weighted by Crippen LogP contribution is -2.01. The summed E-state index contributed by atoms with van der Waals surface area (Å²) in [6.45, 7) is 3.44. The van der Waals surface area contributed by atoms with Gasteiger partial charge >= 0.3 is 5.97 Å². The molecule has 0 atom stereocenters. The summed E-state index contributed by atoms with van der Waals surface area (Å²) in [5, 5.41) is 10.3.